The van der Waals surface area contributed by atoms with Crippen LogP contribution in [0.1, 0.15) is 56.3 Å². The lowest BCUT2D eigenvalue weighted by Gasteiger charge is -2.35. The minimum atomic E-state index is -0.508. The van der Waals surface area contributed by atoms with Crippen molar-refractivity contribution < 1.29 is 9.50 Å². The second kappa shape index (κ2) is 5.83. The van der Waals surface area contributed by atoms with Crippen LogP contribution in [-0.4, -0.2) is 5.11 Å². The Balaban J connectivity index is 2.23. The van der Waals surface area contributed by atoms with Crippen LogP contribution in [0, 0.1) is 24.6 Å². The van der Waals surface area contributed by atoms with Crippen LogP contribution in [0.4, 0.5) is 4.39 Å². The molecule has 0 amide bonds. The molecule has 3 atom stereocenters. The Morgan fingerprint density at radius 2 is 2.06 bits per heavy atom. The van der Waals surface area contributed by atoms with Crippen LogP contribution in [0.2, 0.25) is 0 Å². The fraction of sp³-hybridized carbons (Fsp3) is 0.625. The zero-order valence-electron chi connectivity index (χ0n) is 11.3. The van der Waals surface area contributed by atoms with Crippen molar-refractivity contribution in [2.24, 2.45) is 11.8 Å². The highest BCUT2D eigenvalue weighted by atomic mass is 19.1. The van der Waals surface area contributed by atoms with Crippen LogP contribution >= 0.6 is 0 Å². The fourth-order valence-corrected chi connectivity index (χ4v) is 3.32. The molecular weight excluding hydrogens is 227 g/mol. The quantitative estimate of drug-likeness (QED) is 0.843. The van der Waals surface area contributed by atoms with Crippen LogP contribution in [0.25, 0.3) is 0 Å². The molecule has 1 saturated carbocycles. The average molecular weight is 250 g/mol. The first kappa shape index (κ1) is 13.5. The molecule has 0 aliphatic heterocycles. The molecule has 0 spiro atoms. The molecule has 100 valence electrons. The Hall–Kier alpha value is -0.890. The summed E-state index contributed by atoms with van der Waals surface area (Å²) < 4.78 is 13.3. The number of hydrogen-bond acceptors (Lipinski definition) is 1. The van der Waals surface area contributed by atoms with Gasteiger partial charge in [0.05, 0.1) is 6.10 Å². The van der Waals surface area contributed by atoms with Crippen LogP contribution in [-0.2, 0) is 0 Å². The van der Waals surface area contributed by atoms with E-state index in [4.69, 9.17) is 0 Å². The van der Waals surface area contributed by atoms with Gasteiger partial charge in [-0.1, -0.05) is 38.7 Å². The van der Waals surface area contributed by atoms with Crippen molar-refractivity contribution in [2.75, 3.05) is 0 Å². The molecule has 0 heterocycles. The maximum atomic E-state index is 13.3. The Bertz CT molecular complexity index is 402. The number of aliphatic hydroxyl groups excluding tert-OH is 1. The van der Waals surface area contributed by atoms with Crippen LogP contribution in [0.5, 0.6) is 0 Å². The lowest BCUT2D eigenvalue weighted by molar-refractivity contribution is 0.0445. The summed E-state index contributed by atoms with van der Waals surface area (Å²) in [5.41, 5.74) is 1.77. The number of aliphatic hydroxyl groups is 1. The molecular formula is C16H23FO. The second-order valence-electron chi connectivity index (χ2n) is 5.56. The highest BCUT2D eigenvalue weighted by molar-refractivity contribution is 5.29. The van der Waals surface area contributed by atoms with Crippen molar-refractivity contribution >= 4 is 0 Å². The minimum absolute atomic E-state index is 0.251. The zero-order valence-corrected chi connectivity index (χ0v) is 11.3. The molecule has 18 heavy (non-hydrogen) atoms. The number of benzene rings is 1. The monoisotopic (exact) mass is 250 g/mol. The van der Waals surface area contributed by atoms with E-state index >= 15 is 0 Å². The van der Waals surface area contributed by atoms with Gasteiger partial charge in [-0.3, -0.25) is 0 Å². The highest BCUT2D eigenvalue weighted by Gasteiger charge is 2.31. The predicted octanol–water partition coefficient (Wildman–Crippen LogP) is 4.38. The summed E-state index contributed by atoms with van der Waals surface area (Å²) in [6.45, 7) is 4.13. The van der Waals surface area contributed by atoms with Crippen LogP contribution in [0.15, 0.2) is 18.2 Å². The predicted molar refractivity (Wildman–Crippen MR) is 71.8 cm³/mol. The molecule has 1 N–H and O–H groups in total. The van der Waals surface area contributed by atoms with Crippen molar-refractivity contribution in [1.29, 1.82) is 0 Å². The van der Waals surface area contributed by atoms with Crippen molar-refractivity contribution in [1.82, 2.24) is 0 Å². The summed E-state index contributed by atoms with van der Waals surface area (Å²) in [7, 11) is 0. The van der Waals surface area contributed by atoms with Crippen molar-refractivity contribution in [2.45, 2.75) is 52.1 Å². The van der Waals surface area contributed by atoms with Gasteiger partial charge in [0.1, 0.15) is 5.82 Å². The van der Waals surface area contributed by atoms with Gasteiger partial charge < -0.3 is 5.11 Å². The second-order valence-corrected chi connectivity index (χ2v) is 5.56. The van der Waals surface area contributed by atoms with Crippen molar-refractivity contribution in [3.8, 4) is 0 Å². The Kier molecular flexibility index (Phi) is 4.39. The zero-order chi connectivity index (χ0) is 13.1. The molecule has 0 saturated heterocycles. The van der Waals surface area contributed by atoms with E-state index in [1.165, 1.54) is 31.4 Å². The summed E-state index contributed by atoms with van der Waals surface area (Å²) in [6.07, 6.45) is 5.32. The first-order valence-corrected chi connectivity index (χ1v) is 7.07. The molecule has 0 bridgehead atoms. The van der Waals surface area contributed by atoms with E-state index in [1.807, 2.05) is 6.92 Å². The number of aryl methyl sites for hydroxylation is 1. The van der Waals surface area contributed by atoms with Crippen molar-refractivity contribution in [3.05, 3.63) is 35.1 Å². The van der Waals surface area contributed by atoms with Gasteiger partial charge in [0.2, 0.25) is 0 Å². The summed E-state index contributed by atoms with van der Waals surface area (Å²) in [4.78, 5) is 0. The SMILES string of the molecule is CCC1CCCCC1C(O)c1cc(F)ccc1C. The third kappa shape index (κ3) is 2.74. The van der Waals surface area contributed by atoms with E-state index in [9.17, 15) is 9.50 Å². The maximum Gasteiger partial charge on any atom is 0.123 e. The maximum absolute atomic E-state index is 13.3. The van der Waals surface area contributed by atoms with Gasteiger partial charge in [0.25, 0.3) is 0 Å². The van der Waals surface area contributed by atoms with Gasteiger partial charge in [0.15, 0.2) is 0 Å². The van der Waals surface area contributed by atoms with Crippen LogP contribution in [0.3, 0.4) is 0 Å². The molecule has 1 aromatic carbocycles. The van der Waals surface area contributed by atoms with E-state index in [-0.39, 0.29) is 5.82 Å². The number of hydrogen-bond donors (Lipinski definition) is 1. The normalized spacial score (nSPS) is 26.0. The summed E-state index contributed by atoms with van der Waals surface area (Å²) in [5, 5.41) is 10.6. The molecule has 0 aromatic heterocycles. The number of rotatable bonds is 3. The Morgan fingerprint density at radius 3 is 2.78 bits per heavy atom. The Labute approximate surface area is 109 Å². The summed E-state index contributed by atoms with van der Waals surface area (Å²) in [5.74, 6) is 0.624. The first-order chi connectivity index (χ1) is 8.63. The summed E-state index contributed by atoms with van der Waals surface area (Å²) >= 11 is 0. The molecule has 1 aliphatic carbocycles. The Morgan fingerprint density at radius 1 is 1.33 bits per heavy atom. The molecule has 1 aliphatic rings. The minimum Gasteiger partial charge on any atom is -0.388 e. The van der Waals surface area contributed by atoms with E-state index in [2.05, 4.69) is 6.92 Å². The van der Waals surface area contributed by atoms with Gasteiger partial charge in [-0.05, 0) is 48.4 Å². The molecule has 2 rings (SSSR count). The molecule has 1 fully saturated rings. The van der Waals surface area contributed by atoms with Gasteiger partial charge >= 0.3 is 0 Å². The third-order valence-corrected chi connectivity index (χ3v) is 4.46. The smallest absolute Gasteiger partial charge is 0.123 e. The number of halogens is 1. The van der Waals surface area contributed by atoms with Crippen molar-refractivity contribution in [3.63, 3.8) is 0 Å². The van der Waals surface area contributed by atoms with E-state index < -0.39 is 6.10 Å². The van der Waals surface area contributed by atoms with Gasteiger partial charge in [0, 0.05) is 0 Å². The largest absolute Gasteiger partial charge is 0.388 e. The van der Waals surface area contributed by atoms with Gasteiger partial charge in [-0.15, -0.1) is 0 Å². The van der Waals surface area contributed by atoms with E-state index in [0.717, 1.165) is 24.0 Å². The lowest BCUT2D eigenvalue weighted by atomic mass is 9.73. The topological polar surface area (TPSA) is 20.2 Å². The molecule has 1 aromatic rings. The van der Waals surface area contributed by atoms with Gasteiger partial charge in [-0.25, -0.2) is 4.39 Å². The van der Waals surface area contributed by atoms with E-state index in [1.54, 1.807) is 6.07 Å². The molecule has 3 unspecified atom stereocenters. The molecule has 1 nitrogen and oxygen atoms in total. The third-order valence-electron chi connectivity index (χ3n) is 4.46. The average Bonchev–Trinajstić information content (AvgIpc) is 2.40. The molecule has 0 radical (unpaired) electrons. The molecule has 2 heteroatoms. The summed E-state index contributed by atoms with van der Waals surface area (Å²) in [6, 6.07) is 4.72. The first-order valence-electron chi connectivity index (χ1n) is 7.07. The standard InChI is InChI=1S/C16H23FO/c1-3-12-6-4-5-7-14(12)16(18)15-10-13(17)9-8-11(15)2/h8-10,12,14,16,18H,3-7H2,1-2H3. The van der Waals surface area contributed by atoms with E-state index in [0.29, 0.717) is 11.8 Å². The fourth-order valence-electron chi connectivity index (χ4n) is 3.32. The van der Waals surface area contributed by atoms with Crippen LogP contribution < -0.4 is 0 Å². The lowest BCUT2D eigenvalue weighted by Crippen LogP contribution is -2.25. The highest BCUT2D eigenvalue weighted by Crippen LogP contribution is 2.40. The van der Waals surface area contributed by atoms with Gasteiger partial charge in [-0.2, -0.15) is 0 Å².